The number of halogens is 3. The molecular weight excluding hydrogens is 428 g/mol. The molecule has 0 N–H and O–H groups in total. The van der Waals surface area contributed by atoms with Gasteiger partial charge in [-0.2, -0.15) is 0 Å². The Hall–Kier alpha value is 0.869. The van der Waals surface area contributed by atoms with E-state index in [1.807, 2.05) is 0 Å². The Morgan fingerprint density at radius 1 is 1.54 bits per heavy atom. The van der Waals surface area contributed by atoms with E-state index in [0.717, 1.165) is 9.14 Å². The number of aromatic nitrogens is 1. The summed E-state index contributed by atoms with van der Waals surface area (Å²) in [5.74, 6) is 0. The molecule has 1 aromatic rings. The number of fused-ring (bicyclic) bond motifs is 1. The molecule has 0 saturated carbocycles. The van der Waals surface area contributed by atoms with Crippen LogP contribution in [0.15, 0.2) is 12.3 Å². The molecule has 0 amide bonds. The van der Waals surface area contributed by atoms with E-state index in [1.54, 1.807) is 12.3 Å². The van der Waals surface area contributed by atoms with Crippen LogP contribution in [-0.4, -0.2) is 29.9 Å². The molecule has 0 fully saturated rings. The van der Waals surface area contributed by atoms with Crippen molar-refractivity contribution >= 4 is 72.0 Å². The maximum absolute atomic E-state index is 11.6. The van der Waals surface area contributed by atoms with Crippen molar-refractivity contribution in [2.45, 2.75) is 3.23 Å². The third-order valence-corrected chi connectivity index (χ3v) is 9.28. The van der Waals surface area contributed by atoms with Crippen LogP contribution in [0.3, 0.4) is 0 Å². The van der Waals surface area contributed by atoms with E-state index in [0.29, 0.717) is 5.15 Å². The Bertz CT molecular complexity index is 396. The van der Waals surface area contributed by atoms with E-state index in [9.17, 15) is 4.79 Å². The topological polar surface area (TPSA) is 30.0 Å². The molecule has 2 nitrogen and oxygen atoms in total. The van der Waals surface area contributed by atoms with Crippen molar-refractivity contribution in [3.8, 4) is 0 Å². The van der Waals surface area contributed by atoms with Crippen molar-refractivity contribution in [1.82, 2.24) is 4.98 Å². The van der Waals surface area contributed by atoms with Gasteiger partial charge >= 0.3 is 108 Å². The molecule has 1 aliphatic heterocycles. The molecule has 2 rings (SSSR count). The van der Waals surface area contributed by atoms with Gasteiger partial charge in [-0.15, -0.1) is 0 Å². The molecule has 0 aliphatic carbocycles. The zero-order valence-electron chi connectivity index (χ0n) is 6.14. The second-order valence-corrected chi connectivity index (χ2v) is 9.96. The predicted molar refractivity (Wildman–Crippen MR) is 59.2 cm³/mol. The Morgan fingerprint density at radius 2 is 2.23 bits per heavy atom. The number of rotatable bonds is 0. The third-order valence-electron chi connectivity index (χ3n) is 1.74. The molecule has 13 heavy (non-hydrogen) atoms. The fraction of sp³-hybridized carbons (Fsp3) is 0.143. The number of hydrogen-bond donors (Lipinski definition) is 0. The zero-order chi connectivity index (χ0) is 9.64. The fourth-order valence-electron chi connectivity index (χ4n) is 1.11. The molecule has 0 aromatic carbocycles. The van der Waals surface area contributed by atoms with E-state index < -0.39 is 24.4 Å². The van der Waals surface area contributed by atoms with E-state index in [2.05, 4.69) is 36.8 Å². The Labute approximate surface area is 107 Å². The number of hydrogen-bond acceptors (Lipinski definition) is 2. The van der Waals surface area contributed by atoms with E-state index in [-0.39, 0.29) is 3.80 Å². The molecule has 1 aromatic heterocycles. The van der Waals surface area contributed by atoms with Gasteiger partial charge in [-0.1, -0.05) is 0 Å². The molecule has 2 radical (unpaired) electrons. The van der Waals surface area contributed by atoms with Crippen molar-refractivity contribution in [1.29, 1.82) is 0 Å². The molecule has 0 atom stereocenters. The average Bonchev–Trinajstić information content (AvgIpc) is 2.23. The van der Waals surface area contributed by atoms with Crippen molar-refractivity contribution in [2.75, 3.05) is 0 Å². The summed E-state index contributed by atoms with van der Waals surface area (Å²) in [6, 6.07) is 1.80. The SMILES string of the molecule is O=[C]1[Sn][c]2cc(Cl)ncc2C1(Br)Br. The summed E-state index contributed by atoms with van der Waals surface area (Å²) in [4.78, 5) is 15.5. The monoisotopic (exact) mass is 429 g/mol. The maximum atomic E-state index is 11.6. The van der Waals surface area contributed by atoms with E-state index in [1.165, 1.54) is 0 Å². The van der Waals surface area contributed by atoms with Crippen LogP contribution in [0.5, 0.6) is 0 Å². The van der Waals surface area contributed by atoms with Crippen molar-refractivity contribution in [3.05, 3.63) is 23.0 Å². The number of carbonyl (C=O) groups excluding carboxylic acids is 1. The number of pyridine rings is 1. The van der Waals surface area contributed by atoms with Gasteiger partial charge in [-0.3, -0.25) is 0 Å². The third kappa shape index (κ3) is 1.70. The summed E-state index contributed by atoms with van der Waals surface area (Å²) < 4.78 is 0.663. The van der Waals surface area contributed by atoms with Crippen molar-refractivity contribution in [3.63, 3.8) is 0 Å². The molecular formula is C7H2Br2ClNOSn. The van der Waals surface area contributed by atoms with Gasteiger partial charge in [0.15, 0.2) is 0 Å². The van der Waals surface area contributed by atoms with Crippen molar-refractivity contribution < 1.29 is 4.79 Å². The molecule has 2 heterocycles. The van der Waals surface area contributed by atoms with E-state index in [4.69, 9.17) is 11.6 Å². The van der Waals surface area contributed by atoms with Gasteiger partial charge in [0.25, 0.3) is 0 Å². The summed E-state index contributed by atoms with van der Waals surface area (Å²) >= 11 is 11.3. The first-order valence-corrected chi connectivity index (χ1v) is 8.19. The normalized spacial score (nSPS) is 18.8. The quantitative estimate of drug-likeness (QED) is 0.356. The Morgan fingerprint density at radius 3 is 2.92 bits per heavy atom. The molecule has 0 bridgehead atoms. The molecule has 0 unspecified atom stereocenters. The van der Waals surface area contributed by atoms with Gasteiger partial charge in [0.1, 0.15) is 0 Å². The molecule has 1 aliphatic rings. The van der Waals surface area contributed by atoms with Gasteiger partial charge in [-0.05, 0) is 0 Å². The Kier molecular flexibility index (Phi) is 2.77. The van der Waals surface area contributed by atoms with Crippen molar-refractivity contribution in [2.24, 2.45) is 0 Å². The molecule has 0 saturated heterocycles. The number of carbonyl (C=O) groups is 1. The molecule has 0 spiro atoms. The van der Waals surface area contributed by atoms with E-state index >= 15 is 0 Å². The van der Waals surface area contributed by atoms with Crippen LogP contribution in [0.2, 0.25) is 5.15 Å². The molecule has 6 heteroatoms. The number of nitrogens with zero attached hydrogens (tertiary/aromatic N) is 1. The molecule has 66 valence electrons. The van der Waals surface area contributed by atoms with Gasteiger partial charge in [-0.25, -0.2) is 0 Å². The summed E-state index contributed by atoms with van der Waals surface area (Å²) in [7, 11) is 0. The zero-order valence-corrected chi connectivity index (χ0v) is 12.9. The Balaban J connectivity index is 2.62. The average molecular weight is 430 g/mol. The summed E-state index contributed by atoms with van der Waals surface area (Å²) in [6.07, 6.45) is 1.66. The van der Waals surface area contributed by atoms with Gasteiger partial charge < -0.3 is 0 Å². The second kappa shape index (κ2) is 3.47. The van der Waals surface area contributed by atoms with Crippen LogP contribution in [0.1, 0.15) is 5.56 Å². The first-order valence-electron chi connectivity index (χ1n) is 3.37. The van der Waals surface area contributed by atoms with Gasteiger partial charge in [0.05, 0.1) is 0 Å². The number of alkyl halides is 2. The van der Waals surface area contributed by atoms with Crippen LogP contribution in [-0.2, 0) is 8.03 Å². The fourth-order valence-corrected chi connectivity index (χ4v) is 7.76. The minimum atomic E-state index is -1.15. The van der Waals surface area contributed by atoms with Crippen LogP contribution >= 0.6 is 43.5 Å². The minimum absolute atomic E-state index is 0.246. The van der Waals surface area contributed by atoms with Crippen LogP contribution in [0.4, 0.5) is 0 Å². The second-order valence-electron chi connectivity index (χ2n) is 2.58. The first kappa shape index (κ1) is 10.4. The van der Waals surface area contributed by atoms with Crippen LogP contribution < -0.4 is 3.58 Å². The summed E-state index contributed by atoms with van der Waals surface area (Å²) in [6.45, 7) is 0. The van der Waals surface area contributed by atoms with Crippen LogP contribution in [0, 0.1) is 0 Å². The first-order chi connectivity index (χ1) is 6.01. The van der Waals surface area contributed by atoms with Gasteiger partial charge in [0.2, 0.25) is 0 Å². The summed E-state index contributed by atoms with van der Waals surface area (Å²) in [5, 5.41) is 0.463. The summed E-state index contributed by atoms with van der Waals surface area (Å²) in [5.41, 5.74) is 0.925. The van der Waals surface area contributed by atoms with Crippen LogP contribution in [0.25, 0.3) is 0 Å². The standard InChI is InChI=1S/C7H2Br2ClNO.Sn/c8-7(9,4-12)5-1-2-6(10)11-3-5;/h2-3H;. The van der Waals surface area contributed by atoms with Gasteiger partial charge in [0, 0.05) is 0 Å². The predicted octanol–water partition coefficient (Wildman–Crippen LogP) is 1.55.